The zero-order valence-corrected chi connectivity index (χ0v) is 18.5. The monoisotopic (exact) mass is 469 g/mol. The molecule has 0 unspecified atom stereocenters. The molecule has 1 aliphatic rings. The molecule has 0 saturated heterocycles. The van der Waals surface area contributed by atoms with Crippen LogP contribution in [0.2, 0.25) is 5.02 Å². The van der Waals surface area contributed by atoms with Gasteiger partial charge in [0.2, 0.25) is 5.82 Å². The van der Waals surface area contributed by atoms with E-state index in [1.807, 2.05) is 19.1 Å². The van der Waals surface area contributed by atoms with Gasteiger partial charge < -0.3 is 9.47 Å². The largest absolute Gasteiger partial charge is 0.493 e. The number of nitrogens with zero attached hydrogens (tertiary/aromatic N) is 3. The molecule has 10 heteroatoms. The van der Waals surface area contributed by atoms with Crippen molar-refractivity contribution in [1.29, 1.82) is 0 Å². The summed E-state index contributed by atoms with van der Waals surface area (Å²) in [5.41, 5.74) is 1.74. The molecule has 0 amide bonds. The highest BCUT2D eigenvalue weighted by atomic mass is 35.5. The van der Waals surface area contributed by atoms with Crippen molar-refractivity contribution >= 4 is 23.4 Å². The third kappa shape index (κ3) is 3.74. The second kappa shape index (κ2) is 8.27. The summed E-state index contributed by atoms with van der Waals surface area (Å²) in [6.07, 6.45) is -4.09. The topological polar surface area (TPSA) is 49.2 Å². The van der Waals surface area contributed by atoms with Crippen LogP contribution in [0.5, 0.6) is 11.5 Å². The fraction of sp³-hybridized carbons (Fsp3) is 0.333. The summed E-state index contributed by atoms with van der Waals surface area (Å²) in [5.74, 6) is 0.269. The summed E-state index contributed by atoms with van der Waals surface area (Å²) in [4.78, 5) is 0. The van der Waals surface area contributed by atoms with Crippen LogP contribution < -0.4 is 9.47 Å². The first-order valence-corrected chi connectivity index (χ1v) is 10.8. The van der Waals surface area contributed by atoms with Crippen LogP contribution in [0.15, 0.2) is 36.4 Å². The molecule has 0 spiro atoms. The van der Waals surface area contributed by atoms with E-state index < -0.39 is 12.0 Å². The molecule has 1 aliphatic heterocycles. The molecule has 1 aromatic heterocycles. The maximum Gasteiger partial charge on any atom is 0.452 e. The number of aromatic nitrogens is 3. The van der Waals surface area contributed by atoms with Gasteiger partial charge >= 0.3 is 6.18 Å². The van der Waals surface area contributed by atoms with E-state index >= 15 is 0 Å². The first kappa shape index (κ1) is 21.8. The molecule has 2 heterocycles. The number of methoxy groups -OCH3 is 2. The third-order valence-corrected chi connectivity index (χ3v) is 7.02. The Labute approximate surface area is 186 Å². The Morgan fingerprint density at radius 1 is 1.10 bits per heavy atom. The van der Waals surface area contributed by atoms with E-state index in [0.717, 1.165) is 10.1 Å². The first-order valence-electron chi connectivity index (χ1n) is 9.48. The number of ether oxygens (including phenoxy) is 2. The van der Waals surface area contributed by atoms with Crippen LogP contribution in [0.4, 0.5) is 13.2 Å². The van der Waals surface area contributed by atoms with E-state index in [9.17, 15) is 13.2 Å². The summed E-state index contributed by atoms with van der Waals surface area (Å²) in [5, 5.41) is 7.14. The minimum absolute atomic E-state index is 0.257. The van der Waals surface area contributed by atoms with Crippen molar-refractivity contribution in [2.45, 2.75) is 30.0 Å². The lowest BCUT2D eigenvalue weighted by molar-refractivity contribution is -0.146. The van der Waals surface area contributed by atoms with Gasteiger partial charge in [-0.25, -0.2) is 0 Å². The van der Waals surface area contributed by atoms with Crippen molar-refractivity contribution < 1.29 is 22.6 Å². The van der Waals surface area contributed by atoms with Gasteiger partial charge in [0.1, 0.15) is 0 Å². The molecule has 3 aromatic rings. The van der Waals surface area contributed by atoms with Crippen molar-refractivity contribution in [2.24, 2.45) is 0 Å². The molecule has 0 saturated carbocycles. The number of hydrogen-bond acceptors (Lipinski definition) is 5. The molecule has 0 radical (unpaired) electrons. The van der Waals surface area contributed by atoms with E-state index in [0.29, 0.717) is 34.2 Å². The molecule has 4 rings (SSSR count). The maximum atomic E-state index is 13.8. The number of hydrogen-bond donors (Lipinski definition) is 0. The Bertz CT molecular complexity index is 1120. The van der Waals surface area contributed by atoms with Crippen LogP contribution in [0.25, 0.3) is 5.69 Å². The zero-order valence-electron chi connectivity index (χ0n) is 16.9. The second-order valence-corrected chi connectivity index (χ2v) is 8.66. The second-order valence-electron chi connectivity index (χ2n) is 6.91. The molecule has 2 atom stereocenters. The highest BCUT2D eigenvalue weighted by molar-refractivity contribution is 8.00. The molecule has 0 aliphatic carbocycles. The first-order chi connectivity index (χ1) is 14.8. The fourth-order valence-corrected chi connectivity index (χ4v) is 5.44. The van der Waals surface area contributed by atoms with Gasteiger partial charge in [0, 0.05) is 10.6 Å². The van der Waals surface area contributed by atoms with Gasteiger partial charge in [-0.1, -0.05) is 30.7 Å². The Kier molecular flexibility index (Phi) is 5.83. The molecule has 0 N–H and O–H groups in total. The Morgan fingerprint density at radius 3 is 2.52 bits per heavy atom. The summed E-state index contributed by atoms with van der Waals surface area (Å²) in [6.45, 7) is 1.91. The van der Waals surface area contributed by atoms with Crippen LogP contribution >= 0.6 is 23.4 Å². The van der Waals surface area contributed by atoms with E-state index in [1.165, 1.54) is 18.9 Å². The number of rotatable bonds is 4. The van der Waals surface area contributed by atoms with Crippen LogP contribution in [-0.2, 0) is 6.18 Å². The quantitative estimate of drug-likeness (QED) is 0.452. The minimum Gasteiger partial charge on any atom is -0.493 e. The highest BCUT2D eigenvalue weighted by Crippen LogP contribution is 2.54. The van der Waals surface area contributed by atoms with E-state index in [-0.39, 0.29) is 16.3 Å². The van der Waals surface area contributed by atoms with Crippen molar-refractivity contribution in [2.75, 3.05) is 14.2 Å². The summed E-state index contributed by atoms with van der Waals surface area (Å²) in [7, 11) is 3.08. The summed E-state index contributed by atoms with van der Waals surface area (Å²) < 4.78 is 53.5. The molecular formula is C21H19ClF3N3O2S. The third-order valence-electron chi connectivity index (χ3n) is 5.13. The molecular weight excluding hydrogens is 451 g/mol. The maximum absolute atomic E-state index is 13.8. The van der Waals surface area contributed by atoms with Gasteiger partial charge in [-0.3, -0.25) is 4.57 Å². The fourth-order valence-electron chi connectivity index (χ4n) is 3.80. The van der Waals surface area contributed by atoms with Crippen LogP contribution in [0.1, 0.15) is 46.6 Å². The highest BCUT2D eigenvalue weighted by Gasteiger charge is 2.43. The predicted octanol–water partition coefficient (Wildman–Crippen LogP) is 6.24. The van der Waals surface area contributed by atoms with Crippen molar-refractivity contribution in [1.82, 2.24) is 14.8 Å². The smallest absolute Gasteiger partial charge is 0.452 e. The van der Waals surface area contributed by atoms with E-state index in [1.54, 1.807) is 31.4 Å². The number of benzene rings is 2. The average molecular weight is 470 g/mol. The van der Waals surface area contributed by atoms with Gasteiger partial charge in [-0.15, -0.1) is 22.0 Å². The molecule has 0 fully saturated rings. The zero-order chi connectivity index (χ0) is 22.3. The van der Waals surface area contributed by atoms with Gasteiger partial charge in [-0.2, -0.15) is 13.2 Å². The Morgan fingerprint density at radius 2 is 1.87 bits per heavy atom. The van der Waals surface area contributed by atoms with Crippen LogP contribution in [0.3, 0.4) is 0 Å². The molecule has 0 bridgehead atoms. The minimum atomic E-state index is -4.65. The lowest BCUT2D eigenvalue weighted by Crippen LogP contribution is -2.16. The van der Waals surface area contributed by atoms with Crippen molar-refractivity contribution in [3.05, 3.63) is 64.2 Å². The number of thioether (sulfide) groups is 1. The summed E-state index contributed by atoms with van der Waals surface area (Å²) in [6, 6.07) is 10.3. The van der Waals surface area contributed by atoms with Gasteiger partial charge in [0.15, 0.2) is 17.3 Å². The van der Waals surface area contributed by atoms with Crippen molar-refractivity contribution in [3.63, 3.8) is 0 Å². The lowest BCUT2D eigenvalue weighted by atomic mass is 10.0. The normalized spacial score (nSPS) is 18.2. The van der Waals surface area contributed by atoms with E-state index in [4.69, 9.17) is 21.1 Å². The van der Waals surface area contributed by atoms with Gasteiger partial charge in [0.05, 0.1) is 30.4 Å². The van der Waals surface area contributed by atoms with Crippen LogP contribution in [-0.4, -0.2) is 29.0 Å². The Balaban J connectivity index is 2.03. The molecule has 2 aromatic carbocycles. The average Bonchev–Trinajstić information content (AvgIpc) is 3.14. The van der Waals surface area contributed by atoms with Crippen molar-refractivity contribution in [3.8, 4) is 17.2 Å². The van der Waals surface area contributed by atoms with E-state index in [2.05, 4.69) is 10.2 Å². The molecule has 164 valence electrons. The number of fused-ring (bicyclic) bond motifs is 3. The standard InChI is InChI=1S/C21H19ClF3N3O2S/c1-4-16-19-26-27-20(21(23,24)25)28(19)14-9-8-11(22)10-13(14)18(31-16)12-6-5-7-15(29-2)17(12)30-3/h5-10,16,18H,4H2,1-3H3/t16-,18-/m0/s1. The predicted molar refractivity (Wildman–Crippen MR) is 113 cm³/mol. The Hall–Kier alpha value is -2.39. The lowest BCUT2D eigenvalue weighted by Gasteiger charge is -2.23. The van der Waals surface area contributed by atoms with Crippen LogP contribution in [0, 0.1) is 0 Å². The number of halogens is 4. The van der Waals surface area contributed by atoms with Gasteiger partial charge in [0.25, 0.3) is 0 Å². The number of alkyl halides is 3. The number of para-hydroxylation sites is 1. The SMILES string of the molecule is CC[C@@H]1S[C@@H](c2cccc(OC)c2OC)c2cc(Cl)ccc2-n2c1nnc2C(F)(F)F. The summed E-state index contributed by atoms with van der Waals surface area (Å²) >= 11 is 7.78. The molecule has 31 heavy (non-hydrogen) atoms. The molecule has 5 nitrogen and oxygen atoms in total. The van der Waals surface area contributed by atoms with Gasteiger partial charge in [-0.05, 0) is 36.2 Å².